The van der Waals surface area contributed by atoms with Gasteiger partial charge in [-0.1, -0.05) is 32.9 Å². The van der Waals surface area contributed by atoms with Gasteiger partial charge in [0.15, 0.2) is 0 Å². The van der Waals surface area contributed by atoms with Crippen LogP contribution >= 0.6 is 0 Å². The minimum atomic E-state index is -0.151. The predicted molar refractivity (Wildman–Crippen MR) is 51.9 cm³/mol. The van der Waals surface area contributed by atoms with E-state index in [1.165, 1.54) is 0 Å². The van der Waals surface area contributed by atoms with Gasteiger partial charge in [0.05, 0.1) is 6.10 Å². The van der Waals surface area contributed by atoms with Crippen molar-refractivity contribution in [2.45, 2.75) is 46.1 Å². The van der Waals surface area contributed by atoms with Crippen LogP contribution in [0, 0.1) is 11.3 Å². The van der Waals surface area contributed by atoms with Crippen molar-refractivity contribution in [3.63, 3.8) is 0 Å². The van der Waals surface area contributed by atoms with E-state index in [-0.39, 0.29) is 11.5 Å². The summed E-state index contributed by atoms with van der Waals surface area (Å²) in [6.07, 6.45) is 7.60. The molecule has 2 atom stereocenters. The summed E-state index contributed by atoms with van der Waals surface area (Å²) in [5, 5.41) is 9.98. The van der Waals surface area contributed by atoms with E-state index in [4.69, 9.17) is 0 Å². The normalized spacial score (nSPS) is 27.2. The van der Waals surface area contributed by atoms with Gasteiger partial charge in [0.1, 0.15) is 0 Å². The Kier molecular flexibility index (Phi) is 2.94. The van der Waals surface area contributed by atoms with Gasteiger partial charge < -0.3 is 5.11 Å². The zero-order valence-corrected chi connectivity index (χ0v) is 8.38. The lowest BCUT2D eigenvalue weighted by Crippen LogP contribution is -2.34. The number of rotatable bonds is 1. The second-order valence-corrected chi connectivity index (χ2v) is 4.86. The summed E-state index contributed by atoms with van der Waals surface area (Å²) in [6, 6.07) is 0. The number of hydrogen-bond acceptors (Lipinski definition) is 1. The van der Waals surface area contributed by atoms with Gasteiger partial charge >= 0.3 is 0 Å². The zero-order valence-electron chi connectivity index (χ0n) is 8.38. The molecule has 1 nitrogen and oxygen atoms in total. The molecular weight excluding hydrogens is 148 g/mol. The summed E-state index contributed by atoms with van der Waals surface area (Å²) < 4.78 is 0. The fourth-order valence-corrected chi connectivity index (χ4v) is 1.81. The first-order chi connectivity index (χ1) is 5.52. The second kappa shape index (κ2) is 3.61. The van der Waals surface area contributed by atoms with Crippen LogP contribution in [0.4, 0.5) is 0 Å². The molecule has 0 bridgehead atoms. The maximum atomic E-state index is 9.98. The van der Waals surface area contributed by atoms with E-state index < -0.39 is 0 Å². The number of aliphatic hydroxyl groups excluding tert-OH is 1. The average Bonchev–Trinajstić information content (AvgIpc) is 2.03. The maximum absolute atomic E-state index is 9.98. The van der Waals surface area contributed by atoms with Crippen molar-refractivity contribution in [1.82, 2.24) is 0 Å². The summed E-state index contributed by atoms with van der Waals surface area (Å²) in [5.41, 5.74) is 0.0375. The molecule has 12 heavy (non-hydrogen) atoms. The molecule has 0 amide bonds. The third-order valence-corrected chi connectivity index (χ3v) is 2.64. The lowest BCUT2D eigenvalue weighted by molar-refractivity contribution is 0.00840. The average molecular weight is 168 g/mol. The molecule has 1 rings (SSSR count). The van der Waals surface area contributed by atoms with E-state index in [1.807, 2.05) is 0 Å². The van der Waals surface area contributed by atoms with Crippen molar-refractivity contribution in [1.29, 1.82) is 0 Å². The van der Waals surface area contributed by atoms with E-state index in [0.29, 0.717) is 5.92 Å². The highest BCUT2D eigenvalue weighted by Crippen LogP contribution is 2.31. The second-order valence-electron chi connectivity index (χ2n) is 4.86. The first-order valence-corrected chi connectivity index (χ1v) is 4.85. The van der Waals surface area contributed by atoms with E-state index in [9.17, 15) is 5.11 Å². The Morgan fingerprint density at radius 2 is 2.00 bits per heavy atom. The van der Waals surface area contributed by atoms with Gasteiger partial charge in [0, 0.05) is 0 Å². The van der Waals surface area contributed by atoms with Crippen molar-refractivity contribution in [2.24, 2.45) is 11.3 Å². The molecule has 1 N–H and O–H groups in total. The number of hydrogen-bond donors (Lipinski definition) is 1. The maximum Gasteiger partial charge on any atom is 0.0619 e. The fraction of sp³-hybridized carbons (Fsp3) is 0.818. The van der Waals surface area contributed by atoms with Crippen molar-refractivity contribution < 1.29 is 5.11 Å². The van der Waals surface area contributed by atoms with E-state index in [0.717, 1.165) is 19.3 Å². The van der Waals surface area contributed by atoms with E-state index >= 15 is 0 Å². The molecule has 1 aliphatic carbocycles. The summed E-state index contributed by atoms with van der Waals surface area (Å²) in [4.78, 5) is 0. The van der Waals surface area contributed by atoms with Gasteiger partial charge in [-0.05, 0) is 30.6 Å². The first-order valence-electron chi connectivity index (χ1n) is 4.85. The molecule has 0 spiro atoms. The Balaban J connectivity index is 2.52. The predicted octanol–water partition coefficient (Wildman–Crippen LogP) is 2.75. The Labute approximate surface area is 75.5 Å². The van der Waals surface area contributed by atoms with Gasteiger partial charge in [-0.25, -0.2) is 0 Å². The summed E-state index contributed by atoms with van der Waals surface area (Å²) in [6.45, 7) is 6.32. The molecule has 1 aliphatic rings. The molecular formula is C11H20O. The number of allylic oxidation sites excluding steroid dienone is 2. The Bertz CT molecular complexity index is 164. The van der Waals surface area contributed by atoms with Gasteiger partial charge in [0.2, 0.25) is 0 Å². The molecule has 0 aromatic carbocycles. The summed E-state index contributed by atoms with van der Waals surface area (Å²) in [5.74, 6) is 0.481. The Morgan fingerprint density at radius 3 is 2.42 bits per heavy atom. The standard InChI is InChI=1S/C11H20O/c1-11(2,3)10(12)9-7-5-4-6-8-9/h4-5,9-10,12H,6-8H2,1-3H3. The SMILES string of the molecule is CC(C)(C)C(O)C1CC=CCC1. The van der Waals surface area contributed by atoms with Crippen LogP contribution < -0.4 is 0 Å². The van der Waals surface area contributed by atoms with Gasteiger partial charge in [-0.3, -0.25) is 0 Å². The van der Waals surface area contributed by atoms with E-state index in [1.54, 1.807) is 0 Å². The lowest BCUT2D eigenvalue weighted by Gasteiger charge is -2.33. The molecule has 70 valence electrons. The minimum absolute atomic E-state index is 0.0375. The van der Waals surface area contributed by atoms with Crippen molar-refractivity contribution in [3.05, 3.63) is 12.2 Å². The molecule has 0 aromatic rings. The topological polar surface area (TPSA) is 20.2 Å². The smallest absolute Gasteiger partial charge is 0.0619 e. The molecule has 0 aromatic heterocycles. The number of aliphatic hydroxyl groups is 1. The van der Waals surface area contributed by atoms with Crippen molar-refractivity contribution in [2.75, 3.05) is 0 Å². The van der Waals surface area contributed by atoms with Gasteiger partial charge in [0.25, 0.3) is 0 Å². The highest BCUT2D eigenvalue weighted by atomic mass is 16.3. The third-order valence-electron chi connectivity index (χ3n) is 2.64. The Morgan fingerprint density at radius 1 is 1.33 bits per heavy atom. The molecule has 2 unspecified atom stereocenters. The zero-order chi connectivity index (χ0) is 9.19. The van der Waals surface area contributed by atoms with Crippen LogP contribution in [-0.4, -0.2) is 11.2 Å². The molecule has 0 heterocycles. The fourth-order valence-electron chi connectivity index (χ4n) is 1.81. The van der Waals surface area contributed by atoms with Crippen LogP contribution in [0.15, 0.2) is 12.2 Å². The lowest BCUT2D eigenvalue weighted by atomic mass is 9.77. The summed E-state index contributed by atoms with van der Waals surface area (Å²) in [7, 11) is 0. The molecule has 0 aliphatic heterocycles. The third kappa shape index (κ3) is 2.34. The van der Waals surface area contributed by atoms with Crippen LogP contribution in [0.25, 0.3) is 0 Å². The van der Waals surface area contributed by atoms with Gasteiger partial charge in [-0.15, -0.1) is 0 Å². The highest BCUT2D eigenvalue weighted by molar-refractivity contribution is 4.94. The van der Waals surface area contributed by atoms with Gasteiger partial charge in [-0.2, -0.15) is 0 Å². The van der Waals surface area contributed by atoms with Crippen LogP contribution in [-0.2, 0) is 0 Å². The molecule has 0 saturated heterocycles. The largest absolute Gasteiger partial charge is 0.392 e. The highest BCUT2D eigenvalue weighted by Gasteiger charge is 2.29. The monoisotopic (exact) mass is 168 g/mol. The van der Waals surface area contributed by atoms with E-state index in [2.05, 4.69) is 32.9 Å². The van der Waals surface area contributed by atoms with Crippen LogP contribution in [0.5, 0.6) is 0 Å². The van der Waals surface area contributed by atoms with Crippen LogP contribution in [0.2, 0.25) is 0 Å². The molecule has 0 saturated carbocycles. The van der Waals surface area contributed by atoms with Crippen molar-refractivity contribution in [3.8, 4) is 0 Å². The minimum Gasteiger partial charge on any atom is -0.392 e. The molecule has 1 heteroatoms. The first kappa shape index (κ1) is 9.79. The molecule has 0 radical (unpaired) electrons. The Hall–Kier alpha value is -0.300. The van der Waals surface area contributed by atoms with Crippen LogP contribution in [0.1, 0.15) is 40.0 Å². The quantitative estimate of drug-likeness (QED) is 0.597. The van der Waals surface area contributed by atoms with Crippen LogP contribution in [0.3, 0.4) is 0 Å². The van der Waals surface area contributed by atoms with Crippen molar-refractivity contribution >= 4 is 0 Å². The molecule has 0 fully saturated rings. The summed E-state index contributed by atoms with van der Waals surface area (Å²) >= 11 is 0.